The summed E-state index contributed by atoms with van der Waals surface area (Å²) in [5.41, 5.74) is 0.253. The predicted molar refractivity (Wildman–Crippen MR) is 217 cm³/mol. The van der Waals surface area contributed by atoms with Gasteiger partial charge >= 0.3 is 0 Å². The number of fused-ring (bicyclic) bond motifs is 21. The van der Waals surface area contributed by atoms with Crippen LogP contribution in [0.3, 0.4) is 0 Å². The van der Waals surface area contributed by atoms with Crippen LogP contribution in [0.5, 0.6) is 0 Å². The molecule has 2 aromatic rings. The Morgan fingerprint density at radius 1 is 0.396 bits per heavy atom. The largest absolute Gasteiger partial charge is 0.286 e. The molecule has 0 spiro atoms. The van der Waals surface area contributed by atoms with E-state index in [1.807, 2.05) is 0 Å². The second kappa shape index (κ2) is 14.2. The maximum absolute atomic E-state index is 7.96. The summed E-state index contributed by atoms with van der Waals surface area (Å²) in [7, 11) is 0. The topological polar surface area (TPSA) is 96.2 Å². The van der Waals surface area contributed by atoms with Crippen molar-refractivity contribution in [1.29, 1.82) is 0 Å². The molecule has 288 valence electrons. The lowest BCUT2D eigenvalue weighted by Crippen LogP contribution is -2.62. The molecule has 17 unspecified atom stereocenters. The van der Waals surface area contributed by atoms with Crippen LogP contribution < -0.4 is 47.7 Å². The van der Waals surface area contributed by atoms with E-state index in [1.54, 1.807) is 0 Å². The van der Waals surface area contributed by atoms with Crippen molar-refractivity contribution in [1.82, 2.24) is 42.5 Å². The van der Waals surface area contributed by atoms with Gasteiger partial charge in [-0.05, 0) is 120 Å². The molecule has 5 aliphatic heterocycles. The van der Waals surface area contributed by atoms with Crippen LogP contribution in [0.15, 0.2) is 42.5 Å². The molecule has 8 bridgehead atoms. The minimum atomic E-state index is -2.95. The number of halogens is 2. The first-order valence-electron chi connectivity index (χ1n) is 22.0. The van der Waals surface area contributed by atoms with Crippen LogP contribution in [-0.2, 0) is 0 Å². The summed E-state index contributed by atoms with van der Waals surface area (Å²) in [6, 6.07) is 15.4. The Morgan fingerprint density at radius 2 is 0.774 bits per heavy atom. The molecule has 2 aromatic carbocycles. The SMILES string of the molecule is Cl[Si](Cl)(c1cccc2ccccc12)C1CCCC2C3NC4NC(NC5NC(NC6NC(NC(N3)C21)C1CCCCC61)C1CCCCC51)C1CCCCC41. The molecule has 8 nitrogen and oxygen atoms in total. The van der Waals surface area contributed by atoms with Crippen molar-refractivity contribution in [3.05, 3.63) is 42.5 Å². The molecule has 9 aliphatic rings. The van der Waals surface area contributed by atoms with Gasteiger partial charge in [0.2, 0.25) is 0 Å². The summed E-state index contributed by atoms with van der Waals surface area (Å²) < 4.78 is 0. The zero-order chi connectivity index (χ0) is 35.3. The summed E-state index contributed by atoms with van der Waals surface area (Å²) in [6.07, 6.45) is 21.8. The minimum absolute atomic E-state index is 0.142. The first-order valence-corrected chi connectivity index (χ1v) is 26.1. The molecule has 17 atom stereocenters. The molecular weight excluding hydrogens is 716 g/mol. The number of hydrogen-bond donors (Lipinski definition) is 8. The van der Waals surface area contributed by atoms with Crippen molar-refractivity contribution in [2.45, 2.75) is 151 Å². The quantitative estimate of drug-likeness (QED) is 0.149. The molecule has 9 fully saturated rings. The molecule has 11 heteroatoms. The smallest absolute Gasteiger partial charge is 0.284 e. The molecular formula is C42H62Cl2N8Si. The third kappa shape index (κ3) is 6.04. The molecule has 8 N–H and O–H groups in total. The number of rotatable bonds is 2. The van der Waals surface area contributed by atoms with Crippen molar-refractivity contribution < 1.29 is 0 Å². The van der Waals surface area contributed by atoms with Crippen molar-refractivity contribution in [2.75, 3.05) is 0 Å². The number of hydrogen-bond acceptors (Lipinski definition) is 8. The van der Waals surface area contributed by atoms with E-state index in [-0.39, 0.29) is 24.0 Å². The maximum Gasteiger partial charge on any atom is 0.284 e. The molecule has 0 aromatic heterocycles. The molecule has 53 heavy (non-hydrogen) atoms. The maximum atomic E-state index is 7.96. The Bertz CT molecular complexity index is 1640. The second-order valence-electron chi connectivity index (χ2n) is 18.9. The van der Waals surface area contributed by atoms with Crippen LogP contribution in [0.4, 0.5) is 0 Å². The van der Waals surface area contributed by atoms with Crippen LogP contribution in [0.1, 0.15) is 96.3 Å². The summed E-state index contributed by atoms with van der Waals surface area (Å²) in [4.78, 5) is 0. The van der Waals surface area contributed by atoms with Crippen molar-refractivity contribution >= 4 is 44.8 Å². The van der Waals surface area contributed by atoms with Gasteiger partial charge in [-0.2, -0.15) is 0 Å². The summed E-state index contributed by atoms with van der Waals surface area (Å²) in [5, 5.41) is 37.9. The average Bonchev–Trinajstić information content (AvgIpc) is 3.93. The van der Waals surface area contributed by atoms with E-state index in [1.165, 1.54) is 106 Å². The zero-order valence-electron chi connectivity index (χ0n) is 31.2. The van der Waals surface area contributed by atoms with Crippen molar-refractivity contribution in [3.8, 4) is 0 Å². The van der Waals surface area contributed by atoms with E-state index < -0.39 is 6.69 Å². The van der Waals surface area contributed by atoms with Crippen LogP contribution >= 0.6 is 22.2 Å². The van der Waals surface area contributed by atoms with Gasteiger partial charge in [0.05, 0.1) is 49.3 Å². The summed E-state index contributed by atoms with van der Waals surface area (Å²) >= 11 is 15.9. The van der Waals surface area contributed by atoms with Gasteiger partial charge in [0.1, 0.15) is 0 Å². The highest BCUT2D eigenvalue weighted by atomic mass is 35.7. The normalized spacial score (nSPS) is 48.2. The van der Waals surface area contributed by atoms with E-state index >= 15 is 0 Å². The fourth-order valence-electron chi connectivity index (χ4n) is 14.2. The van der Waals surface area contributed by atoms with Gasteiger partial charge in [-0.3, -0.25) is 42.5 Å². The molecule has 5 saturated heterocycles. The first kappa shape index (κ1) is 35.3. The molecule has 0 radical (unpaired) electrons. The lowest BCUT2D eigenvalue weighted by atomic mass is 9.76. The predicted octanol–water partition coefficient (Wildman–Crippen LogP) is 5.57. The van der Waals surface area contributed by atoms with E-state index in [4.69, 9.17) is 22.2 Å². The lowest BCUT2D eigenvalue weighted by molar-refractivity contribution is 0.167. The van der Waals surface area contributed by atoms with Gasteiger partial charge in [-0.1, -0.05) is 87.4 Å². The fraction of sp³-hybridized carbons (Fsp3) is 0.762. The zero-order valence-corrected chi connectivity index (χ0v) is 33.7. The van der Waals surface area contributed by atoms with Crippen molar-refractivity contribution in [2.24, 2.45) is 47.3 Å². The Morgan fingerprint density at radius 3 is 1.25 bits per heavy atom. The van der Waals surface area contributed by atoms with Crippen LogP contribution in [-0.4, -0.2) is 56.0 Å². The first-order chi connectivity index (χ1) is 26.0. The van der Waals surface area contributed by atoms with Gasteiger partial charge in [0.25, 0.3) is 6.69 Å². The van der Waals surface area contributed by atoms with Gasteiger partial charge in [0.15, 0.2) is 0 Å². The third-order valence-electron chi connectivity index (χ3n) is 16.5. The Kier molecular flexibility index (Phi) is 9.49. The molecule has 4 aliphatic carbocycles. The molecule has 0 amide bonds. The van der Waals surface area contributed by atoms with Crippen molar-refractivity contribution in [3.63, 3.8) is 0 Å². The fourth-order valence-corrected chi connectivity index (χ4v) is 19.5. The average molecular weight is 778 g/mol. The van der Waals surface area contributed by atoms with Crippen LogP contribution in [0.25, 0.3) is 10.8 Å². The Balaban J connectivity index is 0.968. The summed E-state index contributed by atoms with van der Waals surface area (Å²) in [6.45, 7) is -2.95. The number of benzene rings is 2. The van der Waals surface area contributed by atoms with E-state index in [0.29, 0.717) is 78.2 Å². The third-order valence-corrected chi connectivity index (χ3v) is 22.2. The van der Waals surface area contributed by atoms with Gasteiger partial charge < -0.3 is 0 Å². The second-order valence-corrected chi connectivity index (χ2v) is 25.6. The monoisotopic (exact) mass is 776 g/mol. The molecule has 11 rings (SSSR count). The minimum Gasteiger partial charge on any atom is -0.286 e. The van der Waals surface area contributed by atoms with E-state index in [9.17, 15) is 0 Å². The standard InChI is InChI=1S/C42H62Cl2N8Si/c43-53(44,32-21-9-12-23-11-1-2-13-24(23)32)33-22-10-20-31-34(33)42-51-40-30-19-8-7-18-29(30)38(49-40)47-36-26-15-4-3-14-25(26)35(45-36)46-37-27-16-5-6-17-28(27)39(48-37)50-41(31)52-42/h1-2,9,11-13,21,25-31,33-42,45-52H,3-8,10,14-20,22H2. The van der Waals surface area contributed by atoms with Crippen LogP contribution in [0.2, 0.25) is 5.54 Å². The van der Waals surface area contributed by atoms with E-state index in [0.717, 1.165) is 6.42 Å². The Hall–Kier alpha value is -0.823. The van der Waals surface area contributed by atoms with Gasteiger partial charge in [0, 0.05) is 0 Å². The Labute approximate surface area is 327 Å². The van der Waals surface area contributed by atoms with Gasteiger partial charge in [-0.25, -0.2) is 0 Å². The molecule has 5 heterocycles. The van der Waals surface area contributed by atoms with Gasteiger partial charge in [-0.15, -0.1) is 22.2 Å². The highest BCUT2D eigenvalue weighted by molar-refractivity contribution is 7.52. The number of nitrogens with one attached hydrogen (secondary N) is 8. The van der Waals surface area contributed by atoms with E-state index in [2.05, 4.69) is 85.0 Å². The highest BCUT2D eigenvalue weighted by Gasteiger charge is 2.59. The summed E-state index contributed by atoms with van der Waals surface area (Å²) in [5.74, 6) is 4.78. The highest BCUT2D eigenvalue weighted by Crippen LogP contribution is 2.53. The van der Waals surface area contributed by atoms with Crippen LogP contribution in [0, 0.1) is 47.3 Å². The molecule has 4 saturated carbocycles. The lowest BCUT2D eigenvalue weighted by Gasteiger charge is -2.43.